The minimum atomic E-state index is -0.389. The standard InChI is InChI=1S/C20H23FN2O3/c1-15-4-10-18(11-5-15)26-14-2-3-19(24)22-12-13-23-20(25)16-6-8-17(21)9-7-16/h4-11H,2-3,12-14H2,1H3,(H,22,24)(H,23,25). The number of rotatable bonds is 9. The zero-order valence-electron chi connectivity index (χ0n) is 14.8. The van der Waals surface area contributed by atoms with E-state index in [1.165, 1.54) is 29.8 Å². The smallest absolute Gasteiger partial charge is 0.251 e. The highest BCUT2D eigenvalue weighted by Crippen LogP contribution is 2.11. The van der Waals surface area contributed by atoms with Crippen LogP contribution in [-0.2, 0) is 4.79 Å². The number of aryl methyl sites for hydroxylation is 1. The molecule has 6 heteroatoms. The Hall–Kier alpha value is -2.89. The van der Waals surface area contributed by atoms with Crippen LogP contribution in [0.15, 0.2) is 48.5 Å². The summed E-state index contributed by atoms with van der Waals surface area (Å²) in [6.07, 6.45) is 0.972. The van der Waals surface area contributed by atoms with E-state index in [1.807, 2.05) is 31.2 Å². The van der Waals surface area contributed by atoms with Crippen LogP contribution in [0.2, 0.25) is 0 Å². The fourth-order valence-electron chi connectivity index (χ4n) is 2.23. The largest absolute Gasteiger partial charge is 0.494 e. The van der Waals surface area contributed by atoms with Crippen LogP contribution in [-0.4, -0.2) is 31.5 Å². The highest BCUT2D eigenvalue weighted by atomic mass is 19.1. The Bertz CT molecular complexity index is 715. The van der Waals surface area contributed by atoms with Gasteiger partial charge in [0.25, 0.3) is 5.91 Å². The molecule has 2 aromatic carbocycles. The van der Waals surface area contributed by atoms with Crippen molar-refractivity contribution in [1.82, 2.24) is 10.6 Å². The molecule has 2 aromatic rings. The summed E-state index contributed by atoms with van der Waals surface area (Å²) >= 11 is 0. The zero-order valence-corrected chi connectivity index (χ0v) is 14.8. The molecule has 5 nitrogen and oxygen atoms in total. The summed E-state index contributed by atoms with van der Waals surface area (Å²) in [7, 11) is 0. The lowest BCUT2D eigenvalue weighted by Gasteiger charge is -2.08. The van der Waals surface area contributed by atoms with Gasteiger partial charge in [-0.05, 0) is 49.7 Å². The number of ether oxygens (including phenoxy) is 1. The topological polar surface area (TPSA) is 67.4 Å². The van der Waals surface area contributed by atoms with E-state index in [0.29, 0.717) is 38.1 Å². The van der Waals surface area contributed by atoms with Crippen molar-refractivity contribution in [3.8, 4) is 5.75 Å². The van der Waals surface area contributed by atoms with Gasteiger partial charge in [-0.2, -0.15) is 0 Å². The number of hydrogen-bond donors (Lipinski definition) is 2. The molecular formula is C20H23FN2O3. The minimum absolute atomic E-state index is 0.0893. The van der Waals surface area contributed by atoms with Crippen molar-refractivity contribution in [1.29, 1.82) is 0 Å². The molecule has 0 saturated heterocycles. The van der Waals surface area contributed by atoms with Gasteiger partial charge in [0.2, 0.25) is 5.91 Å². The fraction of sp³-hybridized carbons (Fsp3) is 0.300. The Balaban J connectivity index is 1.54. The third-order valence-electron chi connectivity index (χ3n) is 3.68. The molecule has 0 saturated carbocycles. The normalized spacial score (nSPS) is 10.2. The van der Waals surface area contributed by atoms with Gasteiger partial charge in [-0.25, -0.2) is 4.39 Å². The van der Waals surface area contributed by atoms with Gasteiger partial charge in [-0.3, -0.25) is 9.59 Å². The molecule has 0 spiro atoms. The number of hydrogen-bond acceptors (Lipinski definition) is 3. The maximum atomic E-state index is 12.8. The first-order chi connectivity index (χ1) is 12.5. The molecule has 0 unspecified atom stereocenters. The number of nitrogens with one attached hydrogen (secondary N) is 2. The van der Waals surface area contributed by atoms with E-state index in [1.54, 1.807) is 0 Å². The van der Waals surface area contributed by atoms with E-state index in [4.69, 9.17) is 4.74 Å². The second-order valence-corrected chi connectivity index (χ2v) is 5.88. The summed E-state index contributed by atoms with van der Waals surface area (Å²) < 4.78 is 18.4. The molecule has 2 amide bonds. The van der Waals surface area contributed by atoms with Crippen LogP contribution in [0.1, 0.15) is 28.8 Å². The third kappa shape index (κ3) is 6.93. The van der Waals surface area contributed by atoms with Gasteiger partial charge in [0, 0.05) is 25.1 Å². The summed E-state index contributed by atoms with van der Waals surface area (Å²) in [4.78, 5) is 23.5. The average Bonchev–Trinajstić information content (AvgIpc) is 2.64. The molecule has 0 aliphatic carbocycles. The monoisotopic (exact) mass is 358 g/mol. The van der Waals surface area contributed by atoms with Crippen LogP contribution in [0.5, 0.6) is 5.75 Å². The predicted molar refractivity (Wildman–Crippen MR) is 97.7 cm³/mol. The summed E-state index contributed by atoms with van der Waals surface area (Å²) in [5, 5.41) is 5.40. The van der Waals surface area contributed by atoms with Crippen LogP contribution < -0.4 is 15.4 Å². The molecule has 0 radical (unpaired) electrons. The number of amides is 2. The van der Waals surface area contributed by atoms with Crippen molar-refractivity contribution in [3.63, 3.8) is 0 Å². The lowest BCUT2D eigenvalue weighted by atomic mass is 10.2. The van der Waals surface area contributed by atoms with Gasteiger partial charge in [0.05, 0.1) is 6.61 Å². The maximum absolute atomic E-state index is 12.8. The summed E-state index contributed by atoms with van der Waals surface area (Å²) in [5.41, 5.74) is 1.55. The van der Waals surface area contributed by atoms with Gasteiger partial charge in [-0.15, -0.1) is 0 Å². The Morgan fingerprint density at radius 1 is 0.962 bits per heavy atom. The molecule has 2 rings (SSSR count). The first-order valence-corrected chi connectivity index (χ1v) is 8.54. The number of carbonyl (C=O) groups excluding carboxylic acids is 2. The lowest BCUT2D eigenvalue weighted by molar-refractivity contribution is -0.121. The van der Waals surface area contributed by atoms with E-state index in [2.05, 4.69) is 10.6 Å². The minimum Gasteiger partial charge on any atom is -0.494 e. The molecule has 0 aliphatic rings. The van der Waals surface area contributed by atoms with Crippen molar-refractivity contribution < 1.29 is 18.7 Å². The molecule has 0 aliphatic heterocycles. The quantitative estimate of drug-likeness (QED) is 0.678. The van der Waals surface area contributed by atoms with Crippen LogP contribution in [0.3, 0.4) is 0 Å². The van der Waals surface area contributed by atoms with E-state index < -0.39 is 0 Å². The number of carbonyl (C=O) groups is 2. The molecule has 138 valence electrons. The van der Waals surface area contributed by atoms with E-state index in [-0.39, 0.29) is 17.6 Å². The SMILES string of the molecule is Cc1ccc(OCCCC(=O)NCCNC(=O)c2ccc(F)cc2)cc1. The predicted octanol–water partition coefficient (Wildman–Crippen LogP) is 2.84. The van der Waals surface area contributed by atoms with Gasteiger partial charge in [0.1, 0.15) is 11.6 Å². The Kier molecular flexibility index (Phi) is 7.61. The summed E-state index contributed by atoms with van der Waals surface area (Å²) in [6, 6.07) is 13.0. The maximum Gasteiger partial charge on any atom is 0.251 e. The van der Waals surface area contributed by atoms with E-state index >= 15 is 0 Å². The molecule has 0 atom stereocenters. The van der Waals surface area contributed by atoms with E-state index in [0.717, 1.165) is 5.75 Å². The van der Waals surface area contributed by atoms with Crippen LogP contribution >= 0.6 is 0 Å². The molecule has 0 heterocycles. The second kappa shape index (κ2) is 10.2. The third-order valence-corrected chi connectivity index (χ3v) is 3.68. The van der Waals surface area contributed by atoms with Crippen LogP contribution in [0.4, 0.5) is 4.39 Å². The van der Waals surface area contributed by atoms with Crippen molar-refractivity contribution in [2.75, 3.05) is 19.7 Å². The van der Waals surface area contributed by atoms with Gasteiger partial charge < -0.3 is 15.4 Å². The highest BCUT2D eigenvalue weighted by Gasteiger charge is 2.05. The Morgan fingerprint density at radius 2 is 1.62 bits per heavy atom. The van der Waals surface area contributed by atoms with Crippen molar-refractivity contribution in [2.24, 2.45) is 0 Å². The van der Waals surface area contributed by atoms with Gasteiger partial charge in [0.15, 0.2) is 0 Å². The van der Waals surface area contributed by atoms with E-state index in [9.17, 15) is 14.0 Å². The highest BCUT2D eigenvalue weighted by molar-refractivity contribution is 5.94. The van der Waals surface area contributed by atoms with Crippen LogP contribution in [0, 0.1) is 12.7 Å². The summed E-state index contributed by atoms with van der Waals surface area (Å²) in [5.74, 6) is 0.0129. The van der Waals surface area contributed by atoms with Crippen LogP contribution in [0.25, 0.3) is 0 Å². The first kappa shape index (κ1) is 19.4. The lowest BCUT2D eigenvalue weighted by Crippen LogP contribution is -2.34. The number of benzene rings is 2. The van der Waals surface area contributed by atoms with Gasteiger partial charge >= 0.3 is 0 Å². The molecule has 0 aromatic heterocycles. The molecule has 2 N–H and O–H groups in total. The second-order valence-electron chi connectivity index (χ2n) is 5.88. The molecular weight excluding hydrogens is 335 g/mol. The Labute approximate surface area is 152 Å². The van der Waals surface area contributed by atoms with Crippen molar-refractivity contribution in [3.05, 3.63) is 65.5 Å². The molecule has 0 bridgehead atoms. The van der Waals surface area contributed by atoms with Gasteiger partial charge in [-0.1, -0.05) is 17.7 Å². The molecule has 26 heavy (non-hydrogen) atoms. The van der Waals surface area contributed by atoms with Crippen molar-refractivity contribution >= 4 is 11.8 Å². The number of halogens is 1. The summed E-state index contributed by atoms with van der Waals surface area (Å²) in [6.45, 7) is 3.13. The average molecular weight is 358 g/mol. The fourth-order valence-corrected chi connectivity index (χ4v) is 2.23. The van der Waals surface area contributed by atoms with Crippen molar-refractivity contribution in [2.45, 2.75) is 19.8 Å². The first-order valence-electron chi connectivity index (χ1n) is 8.54. The zero-order chi connectivity index (χ0) is 18.8. The Morgan fingerprint density at radius 3 is 2.31 bits per heavy atom. The molecule has 0 fully saturated rings.